The summed E-state index contributed by atoms with van der Waals surface area (Å²) in [5.74, 6) is -1.13. The SMILES string of the molecule is Cc1cc(S(=O)(=O)NC2CC(O)C2)sc1C(=O)O. The van der Waals surface area contributed by atoms with E-state index in [0.29, 0.717) is 18.4 Å². The smallest absolute Gasteiger partial charge is 0.346 e. The Bertz CT molecular complexity index is 571. The van der Waals surface area contributed by atoms with Crippen LogP contribution in [-0.2, 0) is 10.0 Å². The highest BCUT2D eigenvalue weighted by molar-refractivity contribution is 7.91. The molecule has 0 spiro atoms. The average molecular weight is 291 g/mol. The van der Waals surface area contributed by atoms with Gasteiger partial charge >= 0.3 is 5.97 Å². The maximum absolute atomic E-state index is 12.0. The molecular weight excluding hydrogens is 278 g/mol. The largest absolute Gasteiger partial charge is 0.477 e. The van der Waals surface area contributed by atoms with Gasteiger partial charge in [0.2, 0.25) is 10.0 Å². The van der Waals surface area contributed by atoms with Crippen LogP contribution in [0.5, 0.6) is 0 Å². The molecule has 0 aromatic carbocycles. The first-order valence-electron chi connectivity index (χ1n) is 5.33. The number of aliphatic hydroxyl groups is 1. The van der Waals surface area contributed by atoms with Gasteiger partial charge in [0, 0.05) is 6.04 Å². The van der Waals surface area contributed by atoms with Crippen LogP contribution in [0.2, 0.25) is 0 Å². The van der Waals surface area contributed by atoms with E-state index in [4.69, 9.17) is 10.2 Å². The molecule has 0 amide bonds. The summed E-state index contributed by atoms with van der Waals surface area (Å²) in [7, 11) is -3.68. The molecule has 1 saturated carbocycles. The fourth-order valence-corrected chi connectivity index (χ4v) is 4.42. The van der Waals surface area contributed by atoms with Crippen LogP contribution >= 0.6 is 11.3 Å². The van der Waals surface area contributed by atoms with Gasteiger partial charge in [-0.05, 0) is 31.4 Å². The van der Waals surface area contributed by atoms with E-state index in [-0.39, 0.29) is 15.1 Å². The number of sulfonamides is 1. The summed E-state index contributed by atoms with van der Waals surface area (Å²) in [4.78, 5) is 10.9. The van der Waals surface area contributed by atoms with E-state index in [1.54, 1.807) is 6.92 Å². The number of thiophene rings is 1. The molecule has 0 aliphatic heterocycles. The number of carboxylic acids is 1. The average Bonchev–Trinajstić information content (AvgIpc) is 2.58. The molecule has 1 aliphatic rings. The Hall–Kier alpha value is -0.960. The maximum Gasteiger partial charge on any atom is 0.346 e. The molecule has 1 aromatic heterocycles. The summed E-state index contributed by atoms with van der Waals surface area (Å²) < 4.78 is 26.4. The monoisotopic (exact) mass is 291 g/mol. The first kappa shape index (κ1) is 13.5. The molecule has 18 heavy (non-hydrogen) atoms. The van der Waals surface area contributed by atoms with E-state index in [9.17, 15) is 13.2 Å². The lowest BCUT2D eigenvalue weighted by atomic mass is 9.91. The molecule has 1 aliphatic carbocycles. The summed E-state index contributed by atoms with van der Waals surface area (Å²) in [6.07, 6.45) is 0.349. The minimum atomic E-state index is -3.68. The number of hydrogen-bond donors (Lipinski definition) is 3. The van der Waals surface area contributed by atoms with Crippen LogP contribution in [0.3, 0.4) is 0 Å². The summed E-state index contributed by atoms with van der Waals surface area (Å²) >= 11 is 0.739. The minimum Gasteiger partial charge on any atom is -0.477 e. The number of aliphatic hydroxyl groups excluding tert-OH is 1. The molecule has 1 aromatic rings. The second-order valence-corrected chi connectivity index (χ2v) is 7.32. The summed E-state index contributed by atoms with van der Waals surface area (Å²) in [5.41, 5.74) is 0.432. The Balaban J connectivity index is 2.19. The van der Waals surface area contributed by atoms with Crippen molar-refractivity contribution in [2.24, 2.45) is 0 Å². The van der Waals surface area contributed by atoms with E-state index in [1.807, 2.05) is 0 Å². The maximum atomic E-state index is 12.0. The van der Waals surface area contributed by atoms with Crippen molar-refractivity contribution >= 4 is 27.3 Å². The highest BCUT2D eigenvalue weighted by Gasteiger charge is 2.32. The van der Waals surface area contributed by atoms with Crippen molar-refractivity contribution in [1.82, 2.24) is 4.72 Å². The number of rotatable bonds is 4. The summed E-state index contributed by atoms with van der Waals surface area (Å²) in [6, 6.07) is 1.09. The van der Waals surface area contributed by atoms with Crippen molar-refractivity contribution in [3.8, 4) is 0 Å². The van der Waals surface area contributed by atoms with Gasteiger partial charge in [0.15, 0.2) is 0 Å². The van der Waals surface area contributed by atoms with Crippen LogP contribution in [0.15, 0.2) is 10.3 Å². The van der Waals surface area contributed by atoms with E-state index in [2.05, 4.69) is 4.72 Å². The summed E-state index contributed by atoms with van der Waals surface area (Å²) in [6.45, 7) is 1.56. The van der Waals surface area contributed by atoms with Crippen molar-refractivity contribution in [1.29, 1.82) is 0 Å². The molecule has 0 bridgehead atoms. The first-order chi connectivity index (χ1) is 8.29. The standard InChI is InChI=1S/C10H13NO5S2/c1-5-2-8(17-9(5)10(13)14)18(15,16)11-6-3-7(12)4-6/h2,6-7,11-12H,3-4H2,1H3,(H,13,14). The second-order valence-electron chi connectivity index (χ2n) is 4.33. The molecule has 100 valence electrons. The Morgan fingerprint density at radius 3 is 2.56 bits per heavy atom. The van der Waals surface area contributed by atoms with Crippen LogP contribution in [0.1, 0.15) is 28.1 Å². The normalized spacial score (nSPS) is 23.7. The van der Waals surface area contributed by atoms with Gasteiger partial charge in [0.1, 0.15) is 9.09 Å². The second kappa shape index (κ2) is 4.61. The predicted molar refractivity (Wildman–Crippen MR) is 65.4 cm³/mol. The van der Waals surface area contributed by atoms with E-state index < -0.39 is 22.1 Å². The lowest BCUT2D eigenvalue weighted by Crippen LogP contribution is -2.46. The zero-order valence-corrected chi connectivity index (χ0v) is 11.2. The number of nitrogens with one attached hydrogen (secondary N) is 1. The first-order valence-corrected chi connectivity index (χ1v) is 7.63. The van der Waals surface area contributed by atoms with Gasteiger partial charge in [0.25, 0.3) is 0 Å². The molecule has 1 heterocycles. The van der Waals surface area contributed by atoms with Crippen molar-refractivity contribution in [2.45, 2.75) is 36.1 Å². The molecule has 8 heteroatoms. The molecule has 1 fully saturated rings. The van der Waals surface area contributed by atoms with E-state index >= 15 is 0 Å². The molecule has 0 atom stereocenters. The Labute approximate surface area is 108 Å². The molecule has 3 N–H and O–H groups in total. The van der Waals surface area contributed by atoms with Crippen LogP contribution in [0, 0.1) is 6.92 Å². The highest BCUT2D eigenvalue weighted by Crippen LogP contribution is 2.28. The molecule has 0 radical (unpaired) electrons. The van der Waals surface area contributed by atoms with Crippen LogP contribution in [-0.4, -0.2) is 36.7 Å². The predicted octanol–water partition coefficient (Wildman–Crippen LogP) is 0.556. The fourth-order valence-electron chi connectivity index (χ4n) is 1.76. The van der Waals surface area contributed by atoms with Crippen LogP contribution in [0.4, 0.5) is 0 Å². The number of aryl methyl sites for hydroxylation is 1. The van der Waals surface area contributed by atoms with Gasteiger partial charge < -0.3 is 10.2 Å². The van der Waals surface area contributed by atoms with Crippen molar-refractivity contribution in [2.75, 3.05) is 0 Å². The van der Waals surface area contributed by atoms with E-state index in [0.717, 1.165) is 11.3 Å². The minimum absolute atomic E-state index is 0.00112. The fraction of sp³-hybridized carbons (Fsp3) is 0.500. The Morgan fingerprint density at radius 2 is 2.11 bits per heavy atom. The zero-order valence-electron chi connectivity index (χ0n) is 9.58. The number of aromatic carboxylic acids is 1. The van der Waals surface area contributed by atoms with Crippen LogP contribution < -0.4 is 4.72 Å². The third-order valence-electron chi connectivity index (χ3n) is 2.79. The third-order valence-corrected chi connectivity index (χ3v) is 6.01. The van der Waals surface area contributed by atoms with Gasteiger partial charge in [-0.25, -0.2) is 17.9 Å². The molecular formula is C10H13NO5S2. The quantitative estimate of drug-likeness (QED) is 0.752. The molecule has 0 unspecified atom stereocenters. The van der Waals surface area contributed by atoms with Crippen LogP contribution in [0.25, 0.3) is 0 Å². The van der Waals surface area contributed by atoms with Crippen molar-refractivity contribution in [3.05, 3.63) is 16.5 Å². The number of carboxylic acid groups (broad SMARTS) is 1. The molecule has 0 saturated heterocycles. The van der Waals surface area contributed by atoms with Gasteiger partial charge in [-0.3, -0.25) is 0 Å². The third kappa shape index (κ3) is 2.56. The lowest BCUT2D eigenvalue weighted by molar-refractivity contribution is 0.0698. The topological polar surface area (TPSA) is 104 Å². The highest BCUT2D eigenvalue weighted by atomic mass is 32.2. The van der Waals surface area contributed by atoms with Gasteiger partial charge in [-0.2, -0.15) is 0 Å². The van der Waals surface area contributed by atoms with Crippen molar-refractivity contribution in [3.63, 3.8) is 0 Å². The molecule has 6 nitrogen and oxygen atoms in total. The van der Waals surface area contributed by atoms with Crippen molar-refractivity contribution < 1.29 is 23.4 Å². The number of hydrogen-bond acceptors (Lipinski definition) is 5. The van der Waals surface area contributed by atoms with E-state index in [1.165, 1.54) is 6.07 Å². The summed E-state index contributed by atoms with van der Waals surface area (Å²) in [5, 5.41) is 18.0. The zero-order chi connectivity index (χ0) is 13.5. The Morgan fingerprint density at radius 1 is 1.50 bits per heavy atom. The van der Waals surface area contributed by atoms with Gasteiger partial charge in [-0.15, -0.1) is 11.3 Å². The van der Waals surface area contributed by atoms with Gasteiger partial charge in [0.05, 0.1) is 6.10 Å². The molecule has 2 rings (SSSR count). The number of carbonyl (C=O) groups is 1. The lowest BCUT2D eigenvalue weighted by Gasteiger charge is -2.31. The Kier molecular flexibility index (Phi) is 3.45. The van der Waals surface area contributed by atoms with Gasteiger partial charge in [-0.1, -0.05) is 0 Å².